The van der Waals surface area contributed by atoms with Gasteiger partial charge in [0.05, 0.1) is 0 Å². The fraction of sp³-hybridized carbons (Fsp3) is 0.812. The number of ether oxygens (including phenoxy) is 1. The highest BCUT2D eigenvalue weighted by atomic mass is 16.6. The zero-order chi connectivity index (χ0) is 17.6. The van der Waals surface area contributed by atoms with Crippen LogP contribution in [-0.4, -0.2) is 64.7 Å². The van der Waals surface area contributed by atoms with Gasteiger partial charge in [0.2, 0.25) is 5.91 Å². The number of hydrogen-bond donors (Lipinski definition) is 1. The first kappa shape index (κ1) is 19.3. The third-order valence-electron chi connectivity index (χ3n) is 3.55. The van der Waals surface area contributed by atoms with Crippen molar-refractivity contribution in [2.45, 2.75) is 52.6 Å². The van der Waals surface area contributed by atoms with Gasteiger partial charge in [0, 0.05) is 39.0 Å². The first-order chi connectivity index (χ1) is 10.6. The van der Waals surface area contributed by atoms with Crippen LogP contribution in [0.2, 0.25) is 0 Å². The summed E-state index contributed by atoms with van der Waals surface area (Å²) < 4.78 is 5.36. The van der Waals surface area contributed by atoms with Gasteiger partial charge in [-0.2, -0.15) is 0 Å². The smallest absolute Gasteiger partial charge is 0.410 e. The molecule has 1 unspecified atom stereocenters. The van der Waals surface area contributed by atoms with Gasteiger partial charge < -0.3 is 19.6 Å². The Bertz CT molecular complexity index is 444. The quantitative estimate of drug-likeness (QED) is 0.852. The largest absolute Gasteiger partial charge is 0.481 e. The summed E-state index contributed by atoms with van der Waals surface area (Å²) in [7, 11) is 0. The molecule has 1 rings (SSSR count). The third kappa shape index (κ3) is 7.34. The SMILES string of the molecule is CC(CC(=O)O)CC(=O)N1CCCN(C(=O)OC(C)(C)C)CC1. The average molecular weight is 328 g/mol. The van der Waals surface area contributed by atoms with E-state index in [-0.39, 0.29) is 30.8 Å². The molecule has 0 spiro atoms. The molecule has 7 nitrogen and oxygen atoms in total. The molecule has 1 aliphatic rings. The summed E-state index contributed by atoms with van der Waals surface area (Å²) in [6, 6.07) is 0. The second-order valence-electron chi connectivity index (χ2n) is 7.11. The Hall–Kier alpha value is -1.79. The number of amides is 2. The topological polar surface area (TPSA) is 87.2 Å². The van der Waals surface area contributed by atoms with E-state index in [9.17, 15) is 14.4 Å². The normalized spacial score (nSPS) is 17.4. The van der Waals surface area contributed by atoms with E-state index in [0.717, 1.165) is 0 Å². The summed E-state index contributed by atoms with van der Waals surface area (Å²) >= 11 is 0. The Balaban J connectivity index is 2.50. The molecule has 1 heterocycles. The van der Waals surface area contributed by atoms with Gasteiger partial charge in [-0.1, -0.05) is 6.92 Å². The number of aliphatic carboxylic acids is 1. The van der Waals surface area contributed by atoms with Crippen molar-refractivity contribution in [2.24, 2.45) is 5.92 Å². The molecule has 1 saturated heterocycles. The molecule has 0 aromatic carbocycles. The maximum atomic E-state index is 12.2. The van der Waals surface area contributed by atoms with Crippen LogP contribution in [0.4, 0.5) is 4.79 Å². The van der Waals surface area contributed by atoms with Crippen LogP contribution in [0.3, 0.4) is 0 Å². The second-order valence-corrected chi connectivity index (χ2v) is 7.11. The van der Waals surface area contributed by atoms with Crippen molar-refractivity contribution in [1.82, 2.24) is 9.80 Å². The van der Waals surface area contributed by atoms with Crippen LogP contribution in [0, 0.1) is 5.92 Å². The number of carbonyl (C=O) groups excluding carboxylic acids is 2. The monoisotopic (exact) mass is 328 g/mol. The van der Waals surface area contributed by atoms with E-state index in [1.54, 1.807) is 16.7 Å². The van der Waals surface area contributed by atoms with Crippen molar-refractivity contribution in [1.29, 1.82) is 0 Å². The van der Waals surface area contributed by atoms with Crippen molar-refractivity contribution in [3.05, 3.63) is 0 Å². The Morgan fingerprint density at radius 1 is 1.04 bits per heavy atom. The maximum absolute atomic E-state index is 12.2. The molecule has 0 radical (unpaired) electrons. The van der Waals surface area contributed by atoms with Crippen LogP contribution in [0.25, 0.3) is 0 Å². The summed E-state index contributed by atoms with van der Waals surface area (Å²) in [5, 5.41) is 8.76. The Kier molecular flexibility index (Phi) is 6.84. The first-order valence-electron chi connectivity index (χ1n) is 8.06. The van der Waals surface area contributed by atoms with Crippen molar-refractivity contribution in [2.75, 3.05) is 26.2 Å². The maximum Gasteiger partial charge on any atom is 0.410 e. The summed E-state index contributed by atoms with van der Waals surface area (Å²) in [4.78, 5) is 38.3. The van der Waals surface area contributed by atoms with Crippen molar-refractivity contribution < 1.29 is 24.2 Å². The second kappa shape index (κ2) is 8.17. The lowest BCUT2D eigenvalue weighted by Gasteiger charge is -2.26. The van der Waals surface area contributed by atoms with E-state index in [2.05, 4.69) is 0 Å². The molecule has 2 amide bonds. The molecule has 0 aromatic rings. The summed E-state index contributed by atoms with van der Waals surface area (Å²) in [6.45, 7) is 9.26. The van der Waals surface area contributed by atoms with Gasteiger partial charge in [0.25, 0.3) is 0 Å². The fourth-order valence-corrected chi connectivity index (χ4v) is 2.47. The minimum absolute atomic E-state index is 0.0103. The zero-order valence-corrected chi connectivity index (χ0v) is 14.5. The van der Waals surface area contributed by atoms with Crippen molar-refractivity contribution >= 4 is 18.0 Å². The standard InChI is InChI=1S/C16H28N2O5/c1-12(11-14(20)21)10-13(19)17-6-5-7-18(9-8-17)15(22)23-16(2,3)4/h12H,5-11H2,1-4H3,(H,20,21). The number of hydrogen-bond acceptors (Lipinski definition) is 4. The average Bonchev–Trinajstić information content (AvgIpc) is 2.60. The van der Waals surface area contributed by atoms with E-state index < -0.39 is 11.6 Å². The molecule has 1 aliphatic heterocycles. The minimum atomic E-state index is -0.891. The number of carboxylic acid groups (broad SMARTS) is 1. The van der Waals surface area contributed by atoms with Gasteiger partial charge in [0.1, 0.15) is 5.60 Å². The third-order valence-corrected chi connectivity index (χ3v) is 3.55. The molecule has 0 aromatic heterocycles. The predicted molar refractivity (Wildman–Crippen MR) is 85.0 cm³/mol. The Labute approximate surface area is 137 Å². The molecule has 1 fully saturated rings. The molecule has 0 aliphatic carbocycles. The molecule has 132 valence electrons. The lowest BCUT2D eigenvalue weighted by atomic mass is 10.0. The van der Waals surface area contributed by atoms with Crippen LogP contribution in [-0.2, 0) is 14.3 Å². The van der Waals surface area contributed by atoms with Crippen LogP contribution in [0.1, 0.15) is 47.0 Å². The molecule has 23 heavy (non-hydrogen) atoms. The number of carboxylic acids is 1. The molecule has 1 N–H and O–H groups in total. The summed E-state index contributed by atoms with van der Waals surface area (Å²) in [5.41, 5.74) is -0.537. The number of rotatable bonds is 4. The molecule has 0 saturated carbocycles. The van der Waals surface area contributed by atoms with E-state index in [1.165, 1.54) is 0 Å². The zero-order valence-electron chi connectivity index (χ0n) is 14.5. The van der Waals surface area contributed by atoms with Crippen LogP contribution in [0.5, 0.6) is 0 Å². The highest BCUT2D eigenvalue weighted by Crippen LogP contribution is 2.14. The molecular weight excluding hydrogens is 300 g/mol. The van der Waals surface area contributed by atoms with Gasteiger partial charge in [0.15, 0.2) is 0 Å². The first-order valence-corrected chi connectivity index (χ1v) is 8.06. The van der Waals surface area contributed by atoms with Gasteiger partial charge in [-0.3, -0.25) is 9.59 Å². The van der Waals surface area contributed by atoms with Crippen LogP contribution in [0.15, 0.2) is 0 Å². The van der Waals surface area contributed by atoms with E-state index in [1.807, 2.05) is 20.8 Å². The lowest BCUT2D eigenvalue weighted by Crippen LogP contribution is -2.40. The van der Waals surface area contributed by atoms with E-state index >= 15 is 0 Å². The molecule has 1 atom stereocenters. The highest BCUT2D eigenvalue weighted by Gasteiger charge is 2.26. The van der Waals surface area contributed by atoms with Crippen LogP contribution < -0.4 is 0 Å². The van der Waals surface area contributed by atoms with Gasteiger partial charge in [-0.05, 0) is 33.1 Å². The van der Waals surface area contributed by atoms with E-state index in [4.69, 9.17) is 9.84 Å². The van der Waals surface area contributed by atoms with Gasteiger partial charge in [-0.25, -0.2) is 4.79 Å². The molecule has 7 heteroatoms. The molecular formula is C16H28N2O5. The minimum Gasteiger partial charge on any atom is -0.481 e. The fourth-order valence-electron chi connectivity index (χ4n) is 2.47. The van der Waals surface area contributed by atoms with Crippen molar-refractivity contribution in [3.8, 4) is 0 Å². The number of carbonyl (C=O) groups is 3. The summed E-state index contributed by atoms with van der Waals surface area (Å²) in [6.07, 6.45) is 0.548. The van der Waals surface area contributed by atoms with Gasteiger partial charge in [-0.15, -0.1) is 0 Å². The van der Waals surface area contributed by atoms with E-state index in [0.29, 0.717) is 32.6 Å². The Morgan fingerprint density at radius 2 is 1.61 bits per heavy atom. The Morgan fingerprint density at radius 3 is 2.17 bits per heavy atom. The summed E-state index contributed by atoms with van der Waals surface area (Å²) in [5.74, 6) is -1.13. The number of nitrogens with zero attached hydrogens (tertiary/aromatic N) is 2. The van der Waals surface area contributed by atoms with Gasteiger partial charge >= 0.3 is 12.1 Å². The molecule has 0 bridgehead atoms. The highest BCUT2D eigenvalue weighted by molar-refractivity contribution is 5.77. The van der Waals surface area contributed by atoms with Crippen LogP contribution >= 0.6 is 0 Å². The lowest BCUT2D eigenvalue weighted by molar-refractivity contribution is -0.138. The predicted octanol–water partition coefficient (Wildman–Crippen LogP) is 1.96. The van der Waals surface area contributed by atoms with Crippen molar-refractivity contribution in [3.63, 3.8) is 0 Å².